The molecule has 0 aliphatic heterocycles. The molecule has 6 heteroatoms. The number of rotatable bonds is 7. The van der Waals surface area contributed by atoms with Gasteiger partial charge in [0.25, 0.3) is 0 Å². The minimum atomic E-state index is -0.709. The summed E-state index contributed by atoms with van der Waals surface area (Å²) in [6, 6.07) is 0. The highest BCUT2D eigenvalue weighted by molar-refractivity contribution is 8.76. The van der Waals surface area contributed by atoms with Crippen molar-refractivity contribution >= 4 is 49.1 Å². The average Bonchev–Trinajstić information content (AvgIpc) is 2.15. The van der Waals surface area contributed by atoms with Gasteiger partial charge < -0.3 is 5.11 Å². The van der Waals surface area contributed by atoms with Gasteiger partial charge in [-0.15, -0.1) is 0 Å². The fourth-order valence-electron chi connectivity index (χ4n) is 0.389. The Morgan fingerprint density at radius 1 is 1.14 bits per heavy atom. The summed E-state index contributed by atoms with van der Waals surface area (Å²) >= 11 is 0. The van der Waals surface area contributed by atoms with E-state index in [0.717, 1.165) is 5.75 Å². The highest BCUT2D eigenvalue weighted by Gasteiger charge is 1.94. The molecule has 0 aromatic carbocycles. The molecule has 0 radical (unpaired) electrons. The lowest BCUT2D eigenvalue weighted by Crippen LogP contribution is -1.94. The van der Waals surface area contributed by atoms with Gasteiger partial charge in [0.15, 0.2) is 0 Å². The van der Waals surface area contributed by atoms with Crippen molar-refractivity contribution < 1.29 is 9.90 Å². The Kier molecular flexibility index (Phi) is 20.1. The molecule has 2 nitrogen and oxygen atoms in total. The molecule has 0 aliphatic rings. The molecule has 0 bridgehead atoms. The second kappa shape index (κ2) is 16.3. The van der Waals surface area contributed by atoms with E-state index >= 15 is 0 Å². The fourth-order valence-corrected chi connectivity index (χ4v) is 2.98. The van der Waals surface area contributed by atoms with Crippen molar-refractivity contribution in [3.8, 4) is 0 Å². The Hall–Kier alpha value is 0.870. The van der Waals surface area contributed by atoms with Gasteiger partial charge in [0, 0.05) is 17.3 Å². The molecule has 0 amide bonds. The third-order valence-electron chi connectivity index (χ3n) is 0.836. The van der Waals surface area contributed by atoms with Crippen LogP contribution in [-0.4, -0.2) is 34.6 Å². The van der Waals surface area contributed by atoms with Gasteiger partial charge in [-0.05, 0) is 6.26 Å². The molecular formula is C8H18O2S4. The van der Waals surface area contributed by atoms with Crippen LogP contribution in [0.5, 0.6) is 0 Å². The predicted octanol–water partition coefficient (Wildman–Crippen LogP) is 3.88. The standard InChI is InChI=1S/C5H10O2S2.C3H8S2/c1-2-8-9-4-3-5(6)7;1-3-5-4-2/h2-4H2,1H3,(H,6,7);3H2,1-2H3. The highest BCUT2D eigenvalue weighted by Crippen LogP contribution is 2.20. The number of carbonyl (C=O) groups is 1. The van der Waals surface area contributed by atoms with Gasteiger partial charge in [-0.25, -0.2) is 0 Å². The maximum atomic E-state index is 9.94. The molecule has 14 heavy (non-hydrogen) atoms. The minimum absolute atomic E-state index is 0.275. The first kappa shape index (κ1) is 17.3. The Labute approximate surface area is 103 Å². The van der Waals surface area contributed by atoms with Crippen LogP contribution >= 0.6 is 43.2 Å². The molecule has 0 spiro atoms. The second-order valence-electron chi connectivity index (χ2n) is 1.95. The summed E-state index contributed by atoms with van der Waals surface area (Å²) in [6.07, 6.45) is 2.37. The molecule has 0 heterocycles. The van der Waals surface area contributed by atoms with E-state index in [1.54, 1.807) is 21.6 Å². The molecule has 0 aliphatic carbocycles. The summed E-state index contributed by atoms with van der Waals surface area (Å²) in [5.74, 6) is 2.28. The van der Waals surface area contributed by atoms with E-state index in [2.05, 4.69) is 20.1 Å². The monoisotopic (exact) mass is 274 g/mol. The molecule has 86 valence electrons. The van der Waals surface area contributed by atoms with Gasteiger partial charge in [-0.2, -0.15) is 0 Å². The molecular weight excluding hydrogens is 256 g/mol. The molecule has 0 aromatic rings. The Balaban J connectivity index is 0. The zero-order valence-electron chi connectivity index (χ0n) is 8.82. The number of hydrogen-bond donors (Lipinski definition) is 1. The molecule has 0 rings (SSSR count). The summed E-state index contributed by atoms with van der Waals surface area (Å²) in [6.45, 7) is 4.21. The van der Waals surface area contributed by atoms with Crippen molar-refractivity contribution in [2.45, 2.75) is 20.3 Å². The number of carboxylic acids is 1. The van der Waals surface area contributed by atoms with Gasteiger partial charge in [0.05, 0.1) is 6.42 Å². The van der Waals surface area contributed by atoms with Crippen LogP contribution < -0.4 is 0 Å². The van der Waals surface area contributed by atoms with Crippen LogP contribution in [0, 0.1) is 0 Å². The van der Waals surface area contributed by atoms with E-state index in [1.165, 1.54) is 5.75 Å². The van der Waals surface area contributed by atoms with Gasteiger partial charge in [-0.3, -0.25) is 4.79 Å². The molecule has 0 unspecified atom stereocenters. The summed E-state index contributed by atoms with van der Waals surface area (Å²) in [4.78, 5) is 9.94. The van der Waals surface area contributed by atoms with E-state index < -0.39 is 5.97 Å². The lowest BCUT2D eigenvalue weighted by molar-refractivity contribution is -0.136. The number of carboxylic acid groups (broad SMARTS) is 1. The topological polar surface area (TPSA) is 37.3 Å². The van der Waals surface area contributed by atoms with Crippen LogP contribution in [0.2, 0.25) is 0 Å². The van der Waals surface area contributed by atoms with Gasteiger partial charge in [-0.1, -0.05) is 57.0 Å². The van der Waals surface area contributed by atoms with Crippen LogP contribution in [0.4, 0.5) is 0 Å². The van der Waals surface area contributed by atoms with Gasteiger partial charge >= 0.3 is 5.97 Å². The lowest BCUT2D eigenvalue weighted by atomic mass is 10.5. The first-order chi connectivity index (χ1) is 6.68. The highest BCUT2D eigenvalue weighted by atomic mass is 33.1. The summed E-state index contributed by atoms with van der Waals surface area (Å²) in [5, 5.41) is 8.19. The molecule has 1 N–H and O–H groups in total. The second-order valence-corrected chi connectivity index (χ2v) is 7.67. The SMILES string of the molecule is CCSSC.CCSSCCC(=O)O. The molecule has 0 saturated heterocycles. The van der Waals surface area contributed by atoms with Crippen molar-refractivity contribution in [3.63, 3.8) is 0 Å². The number of hydrogen-bond acceptors (Lipinski definition) is 5. The van der Waals surface area contributed by atoms with Crippen molar-refractivity contribution in [1.82, 2.24) is 0 Å². The molecule has 0 fully saturated rings. The van der Waals surface area contributed by atoms with E-state index in [9.17, 15) is 4.79 Å². The zero-order chi connectivity index (χ0) is 11.2. The van der Waals surface area contributed by atoms with Gasteiger partial charge in [0.1, 0.15) is 0 Å². The van der Waals surface area contributed by atoms with Crippen LogP contribution in [0.3, 0.4) is 0 Å². The van der Waals surface area contributed by atoms with Crippen molar-refractivity contribution in [1.29, 1.82) is 0 Å². The van der Waals surface area contributed by atoms with Crippen LogP contribution in [0.15, 0.2) is 0 Å². The van der Waals surface area contributed by atoms with E-state index in [4.69, 9.17) is 5.11 Å². The predicted molar refractivity (Wildman–Crippen MR) is 74.5 cm³/mol. The van der Waals surface area contributed by atoms with Crippen LogP contribution in [0.25, 0.3) is 0 Å². The zero-order valence-corrected chi connectivity index (χ0v) is 12.1. The summed E-state index contributed by atoms with van der Waals surface area (Å²) in [7, 11) is 7.02. The summed E-state index contributed by atoms with van der Waals surface area (Å²) < 4.78 is 0. The smallest absolute Gasteiger partial charge is 0.304 e. The normalized spacial score (nSPS) is 9.07. The van der Waals surface area contributed by atoms with Crippen molar-refractivity contribution in [2.24, 2.45) is 0 Å². The quantitative estimate of drug-likeness (QED) is 0.561. The van der Waals surface area contributed by atoms with Crippen LogP contribution in [0.1, 0.15) is 20.3 Å². The Morgan fingerprint density at radius 3 is 2.00 bits per heavy atom. The lowest BCUT2D eigenvalue weighted by Gasteiger charge is -1.92. The first-order valence-corrected chi connectivity index (χ1v) is 9.52. The largest absolute Gasteiger partial charge is 0.481 e. The Bertz CT molecular complexity index is 120. The van der Waals surface area contributed by atoms with Crippen molar-refractivity contribution in [2.75, 3.05) is 23.5 Å². The molecule has 0 saturated carbocycles. The van der Waals surface area contributed by atoms with E-state index in [0.29, 0.717) is 5.75 Å². The maximum absolute atomic E-state index is 9.94. The minimum Gasteiger partial charge on any atom is -0.481 e. The van der Waals surface area contributed by atoms with E-state index in [1.807, 2.05) is 21.6 Å². The Morgan fingerprint density at radius 2 is 1.71 bits per heavy atom. The van der Waals surface area contributed by atoms with Crippen LogP contribution in [-0.2, 0) is 4.79 Å². The maximum Gasteiger partial charge on any atom is 0.304 e. The van der Waals surface area contributed by atoms with Crippen molar-refractivity contribution in [3.05, 3.63) is 0 Å². The number of aliphatic carboxylic acids is 1. The van der Waals surface area contributed by atoms with E-state index in [-0.39, 0.29) is 6.42 Å². The fraction of sp³-hybridized carbons (Fsp3) is 0.875. The molecule has 0 aromatic heterocycles. The third kappa shape index (κ3) is 23.0. The van der Waals surface area contributed by atoms with Gasteiger partial charge in [0.2, 0.25) is 0 Å². The molecule has 0 atom stereocenters. The third-order valence-corrected chi connectivity index (χ3v) is 5.20. The summed E-state index contributed by atoms with van der Waals surface area (Å²) in [5.41, 5.74) is 0. The first-order valence-electron chi connectivity index (χ1n) is 4.30. The average molecular weight is 274 g/mol.